The second kappa shape index (κ2) is 17.2. The second-order valence-corrected chi connectivity index (χ2v) is 12.2. The Bertz CT molecular complexity index is 2360. The van der Waals surface area contributed by atoms with Crippen LogP contribution in [0.15, 0.2) is 36.7 Å². The van der Waals surface area contributed by atoms with Gasteiger partial charge in [-0.1, -0.05) is 24.7 Å². The van der Waals surface area contributed by atoms with Crippen LogP contribution in [0.5, 0.6) is 11.5 Å². The molecule has 292 valence electrons. The van der Waals surface area contributed by atoms with Crippen LogP contribution in [0.25, 0.3) is 22.8 Å². The van der Waals surface area contributed by atoms with Crippen molar-refractivity contribution in [1.82, 2.24) is 19.1 Å². The van der Waals surface area contributed by atoms with Gasteiger partial charge in [0.1, 0.15) is 59.4 Å². The van der Waals surface area contributed by atoms with Crippen molar-refractivity contribution in [3.05, 3.63) is 70.8 Å². The quantitative estimate of drug-likeness (QED) is 0.141. The second-order valence-electron chi connectivity index (χ2n) is 12.2. The van der Waals surface area contributed by atoms with E-state index < -0.39 is 46.4 Å². The zero-order valence-electron chi connectivity index (χ0n) is 30.7. The van der Waals surface area contributed by atoms with E-state index in [-0.39, 0.29) is 53.6 Å². The zero-order valence-corrected chi connectivity index (χ0v) is 30.7. The summed E-state index contributed by atoms with van der Waals surface area (Å²) in [4.78, 5) is 54.4. The zero-order chi connectivity index (χ0) is 41.5. The summed E-state index contributed by atoms with van der Waals surface area (Å²) in [5.74, 6) is 6.56. The Hall–Kier alpha value is -6.73. The van der Waals surface area contributed by atoms with E-state index in [1.54, 1.807) is 16.1 Å². The SMILES string of the molecule is C=[O+]C(=O)C(C)(O)C#Cc1cc2c(cc1F)OCCn1cc(C(N)=O)nc1-2.CCC(=O)C(C)(O)C#Cc1cc2c(cc1F)OCCn1cc(C(N)=O)nc1-2.CN. The van der Waals surface area contributed by atoms with Crippen molar-refractivity contribution in [2.45, 2.75) is 51.5 Å². The van der Waals surface area contributed by atoms with Crippen molar-refractivity contribution in [3.8, 4) is 58.0 Å². The number of Topliss-reactive ketones (excluding diaryl/α,β-unsaturated/α-hetero) is 1. The molecule has 2 aliphatic heterocycles. The molecule has 0 radical (unpaired) electrons. The normalized spacial score (nSPS) is 14.0. The fourth-order valence-electron chi connectivity index (χ4n) is 5.22. The van der Waals surface area contributed by atoms with E-state index in [4.69, 9.17) is 20.9 Å². The maximum atomic E-state index is 14.4. The molecule has 2 aromatic heterocycles. The third-order valence-electron chi connectivity index (χ3n) is 8.13. The number of aromatic nitrogens is 4. The average Bonchev–Trinajstić information content (AvgIpc) is 3.71. The molecule has 0 bridgehead atoms. The number of nitrogens with zero attached hydrogens (tertiary/aromatic N) is 4. The van der Waals surface area contributed by atoms with E-state index >= 15 is 0 Å². The molecule has 18 heteroatoms. The minimum absolute atomic E-state index is 0.0291. The molecular weight excluding hydrogens is 736 g/mol. The highest BCUT2D eigenvalue weighted by Crippen LogP contribution is 2.35. The average molecular weight is 775 g/mol. The fourth-order valence-corrected chi connectivity index (χ4v) is 5.22. The van der Waals surface area contributed by atoms with Crippen LogP contribution < -0.4 is 26.7 Å². The Balaban J connectivity index is 0.000000238. The van der Waals surface area contributed by atoms with E-state index in [0.29, 0.717) is 35.9 Å². The molecular formula is C38H38F2N7O9+. The number of rotatable bonds is 5. The van der Waals surface area contributed by atoms with Crippen LogP contribution in [0.3, 0.4) is 0 Å². The molecule has 2 aliphatic rings. The monoisotopic (exact) mass is 774 g/mol. The summed E-state index contributed by atoms with van der Waals surface area (Å²) in [6, 6.07) is 5.07. The minimum Gasteiger partial charge on any atom is -0.491 e. The van der Waals surface area contributed by atoms with E-state index in [9.17, 15) is 38.2 Å². The van der Waals surface area contributed by atoms with Crippen LogP contribution in [0.4, 0.5) is 8.78 Å². The Morgan fingerprint density at radius 3 is 1.61 bits per heavy atom. The first-order valence-electron chi connectivity index (χ1n) is 16.7. The van der Waals surface area contributed by atoms with Gasteiger partial charge in [0.25, 0.3) is 17.4 Å². The van der Waals surface area contributed by atoms with Gasteiger partial charge in [-0.15, -0.1) is 0 Å². The number of halogens is 2. The Morgan fingerprint density at radius 1 is 0.821 bits per heavy atom. The van der Waals surface area contributed by atoms with Crippen molar-refractivity contribution < 1.29 is 52.1 Å². The van der Waals surface area contributed by atoms with Crippen LogP contribution in [0.1, 0.15) is 59.3 Å². The lowest BCUT2D eigenvalue weighted by atomic mass is 9.99. The number of amides is 2. The molecule has 2 unspecified atom stereocenters. The van der Waals surface area contributed by atoms with Gasteiger partial charge in [-0.3, -0.25) is 18.8 Å². The first-order chi connectivity index (χ1) is 26.4. The number of fused-ring (bicyclic) bond motifs is 6. The van der Waals surface area contributed by atoms with Crippen LogP contribution >= 0.6 is 0 Å². The highest BCUT2D eigenvalue weighted by molar-refractivity contribution is 5.92. The van der Waals surface area contributed by atoms with E-state index in [1.807, 2.05) is 0 Å². The van der Waals surface area contributed by atoms with E-state index in [1.165, 1.54) is 44.6 Å². The maximum absolute atomic E-state index is 14.4. The summed E-state index contributed by atoms with van der Waals surface area (Å²) >= 11 is 0. The molecule has 8 N–H and O–H groups in total. The van der Waals surface area contributed by atoms with Crippen LogP contribution in [-0.4, -0.2) is 91.1 Å². The number of aliphatic hydroxyl groups is 2. The first-order valence-corrected chi connectivity index (χ1v) is 16.7. The molecule has 0 saturated carbocycles. The number of hydrogen-bond acceptors (Lipinski definition) is 11. The third-order valence-corrected chi connectivity index (χ3v) is 8.13. The highest BCUT2D eigenvalue weighted by Gasteiger charge is 2.40. The van der Waals surface area contributed by atoms with Gasteiger partial charge in [0, 0.05) is 30.9 Å². The van der Waals surface area contributed by atoms with Crippen molar-refractivity contribution in [2.24, 2.45) is 17.2 Å². The molecule has 4 aromatic rings. The van der Waals surface area contributed by atoms with Crippen molar-refractivity contribution in [2.75, 3.05) is 20.3 Å². The Labute approximate surface area is 318 Å². The first kappa shape index (κ1) is 42.0. The summed E-state index contributed by atoms with van der Waals surface area (Å²) in [6.45, 7) is 8.19. The van der Waals surface area contributed by atoms with Crippen molar-refractivity contribution in [1.29, 1.82) is 0 Å². The smallest absolute Gasteiger partial charge is 0.491 e. The number of carbonyl (C=O) groups excluding carboxylic acids is 5. The van der Waals surface area contributed by atoms with E-state index in [0.717, 1.165) is 13.0 Å². The van der Waals surface area contributed by atoms with Gasteiger partial charge >= 0.3 is 5.97 Å². The third kappa shape index (κ3) is 9.13. The summed E-state index contributed by atoms with van der Waals surface area (Å²) in [5.41, 5.74) is 11.9. The lowest BCUT2D eigenvalue weighted by Gasteiger charge is -2.13. The number of carbonyl (C=O) groups is 4. The van der Waals surface area contributed by atoms with Gasteiger partial charge in [0.15, 0.2) is 18.2 Å². The van der Waals surface area contributed by atoms with Gasteiger partial charge in [-0.2, -0.15) is 0 Å². The van der Waals surface area contributed by atoms with E-state index in [2.05, 4.69) is 50.6 Å². The minimum atomic E-state index is -2.16. The summed E-state index contributed by atoms with van der Waals surface area (Å²) in [5, 5.41) is 20.0. The summed E-state index contributed by atoms with van der Waals surface area (Å²) in [6.07, 6.45) is 3.10. The number of hydrogen-bond donors (Lipinski definition) is 5. The number of benzene rings is 2. The predicted molar refractivity (Wildman–Crippen MR) is 196 cm³/mol. The van der Waals surface area contributed by atoms with Crippen molar-refractivity contribution >= 4 is 30.4 Å². The molecule has 56 heavy (non-hydrogen) atoms. The largest absolute Gasteiger partial charge is 0.623 e. The van der Waals surface area contributed by atoms with Gasteiger partial charge < -0.3 is 46.0 Å². The molecule has 0 aliphatic carbocycles. The highest BCUT2D eigenvalue weighted by atomic mass is 19.1. The maximum Gasteiger partial charge on any atom is 0.623 e. The number of nitrogens with two attached hydrogens (primary N) is 3. The Morgan fingerprint density at radius 2 is 1.23 bits per heavy atom. The lowest BCUT2D eigenvalue weighted by molar-refractivity contribution is -0.379. The molecule has 2 aromatic carbocycles. The van der Waals surface area contributed by atoms with Gasteiger partial charge in [0.2, 0.25) is 0 Å². The Kier molecular flexibility index (Phi) is 12.9. The van der Waals surface area contributed by atoms with Gasteiger partial charge in [-0.05, 0) is 38.9 Å². The number of ketones is 1. The molecule has 2 atom stereocenters. The van der Waals surface area contributed by atoms with Gasteiger partial charge in [0.05, 0.1) is 40.1 Å². The van der Waals surface area contributed by atoms with Crippen LogP contribution in [-0.2, 0) is 27.1 Å². The molecule has 0 spiro atoms. The molecule has 0 fully saturated rings. The molecule has 2 amide bonds. The number of imidazole rings is 2. The molecule has 6 rings (SSSR count). The standard InChI is InChI=1S/C19H18FN3O4.C18H14FN3O5.CH5N/c1-3-16(24)19(2,26)5-4-11-8-12-15(9-13(11)20)27-7-6-23-10-14(17(21)25)22-18(12)23;1-18(25,17(24)26-2)4-3-10-7-11-14(8-12(10)19)27-6-5-22-9-13(15(20)23)21-16(11)22;1-2/h8-10,26H,3,6-7H2,1-2H3,(H2,21,25);7-9,25H,2,5-6H2,1H3,(H-,20,23);2H2,1H3/p+1. The van der Waals surface area contributed by atoms with Gasteiger partial charge in [-0.25, -0.2) is 18.7 Å². The lowest BCUT2D eigenvalue weighted by Crippen LogP contribution is -2.33. The van der Waals surface area contributed by atoms with Crippen molar-refractivity contribution in [3.63, 3.8) is 0 Å². The predicted octanol–water partition coefficient (Wildman–Crippen LogP) is 1.01. The van der Waals surface area contributed by atoms with Crippen LogP contribution in [0.2, 0.25) is 0 Å². The fraction of sp³-hybridized carbons (Fsp3) is 0.289. The number of ether oxygens (including phenoxy) is 2. The number of primary amides is 2. The molecule has 16 nitrogen and oxygen atoms in total. The topological polar surface area (TPSA) is 252 Å². The molecule has 4 heterocycles. The summed E-state index contributed by atoms with van der Waals surface area (Å²) < 4.78 is 47.5. The van der Waals surface area contributed by atoms with Crippen LogP contribution in [0, 0.1) is 35.3 Å². The summed E-state index contributed by atoms with van der Waals surface area (Å²) in [7, 11) is 1.50. The molecule has 0 saturated heterocycles.